The van der Waals surface area contributed by atoms with Crippen LogP contribution < -0.4 is 10.9 Å². The summed E-state index contributed by atoms with van der Waals surface area (Å²) >= 11 is 0. The summed E-state index contributed by atoms with van der Waals surface area (Å²) in [6, 6.07) is 11.6. The molecule has 2 aliphatic rings. The number of hydrogen-bond acceptors (Lipinski definition) is 5. The van der Waals surface area contributed by atoms with Gasteiger partial charge in [-0.15, -0.1) is 0 Å². The first-order valence-electron chi connectivity index (χ1n) is 9.40. The first-order chi connectivity index (χ1) is 14.1. The van der Waals surface area contributed by atoms with Gasteiger partial charge in [0.25, 0.3) is 11.8 Å². The fourth-order valence-corrected chi connectivity index (χ4v) is 3.57. The molecule has 2 bridgehead atoms. The quantitative estimate of drug-likeness (QED) is 0.742. The van der Waals surface area contributed by atoms with Crippen molar-refractivity contribution in [1.82, 2.24) is 25.8 Å². The van der Waals surface area contributed by atoms with E-state index in [-0.39, 0.29) is 18.7 Å². The van der Waals surface area contributed by atoms with Crippen molar-refractivity contribution in [3.8, 4) is 0 Å². The largest absolute Gasteiger partial charge is 0.345 e. The average Bonchev–Trinajstić information content (AvgIpc) is 3.01. The Hall–Kier alpha value is -3.46. The minimum atomic E-state index is -0.651. The van der Waals surface area contributed by atoms with E-state index in [1.165, 1.54) is 22.4 Å². The lowest BCUT2D eigenvalue weighted by Gasteiger charge is -2.29. The molecule has 2 saturated heterocycles. The molecular formula is C20H21N5O4. The number of hydrazine groups is 1. The lowest BCUT2D eigenvalue weighted by molar-refractivity contribution is -0.140. The van der Waals surface area contributed by atoms with E-state index in [0.717, 1.165) is 5.56 Å². The van der Waals surface area contributed by atoms with Gasteiger partial charge in [-0.25, -0.2) is 4.79 Å². The van der Waals surface area contributed by atoms with Crippen LogP contribution >= 0.6 is 0 Å². The van der Waals surface area contributed by atoms with Crippen molar-refractivity contribution in [3.05, 3.63) is 66.0 Å². The monoisotopic (exact) mass is 395 g/mol. The minimum absolute atomic E-state index is 0.0818. The Balaban J connectivity index is 1.33. The molecule has 3 heterocycles. The Morgan fingerprint density at radius 3 is 2.59 bits per heavy atom. The van der Waals surface area contributed by atoms with Gasteiger partial charge in [0, 0.05) is 24.5 Å². The zero-order valence-corrected chi connectivity index (χ0v) is 15.7. The van der Waals surface area contributed by atoms with Crippen LogP contribution in [0.2, 0.25) is 0 Å². The number of aromatic nitrogens is 1. The number of amides is 4. The Bertz CT molecular complexity index is 892. The van der Waals surface area contributed by atoms with Crippen LogP contribution in [0, 0.1) is 0 Å². The normalized spacial score (nSPS) is 20.5. The van der Waals surface area contributed by atoms with Crippen LogP contribution in [0.25, 0.3) is 0 Å². The van der Waals surface area contributed by atoms with Gasteiger partial charge in [0.05, 0.1) is 6.04 Å². The summed E-state index contributed by atoms with van der Waals surface area (Å²) < 4.78 is 0. The Morgan fingerprint density at radius 2 is 1.83 bits per heavy atom. The molecule has 2 N–H and O–H groups in total. The number of rotatable bonds is 5. The maximum Gasteiger partial charge on any atom is 0.345 e. The fourth-order valence-electron chi connectivity index (χ4n) is 3.57. The number of urea groups is 1. The maximum absolute atomic E-state index is 12.7. The predicted molar refractivity (Wildman–Crippen MR) is 102 cm³/mol. The van der Waals surface area contributed by atoms with Gasteiger partial charge in [-0.2, -0.15) is 5.06 Å². The van der Waals surface area contributed by atoms with Crippen LogP contribution in [0.15, 0.2) is 54.9 Å². The molecule has 0 radical (unpaired) electrons. The van der Waals surface area contributed by atoms with Crippen molar-refractivity contribution in [2.24, 2.45) is 0 Å². The molecule has 1 aromatic heterocycles. The molecule has 29 heavy (non-hydrogen) atoms. The first-order valence-corrected chi connectivity index (χ1v) is 9.40. The Kier molecular flexibility index (Phi) is 5.39. The van der Waals surface area contributed by atoms with E-state index in [9.17, 15) is 14.4 Å². The second-order valence-corrected chi connectivity index (χ2v) is 6.95. The summed E-state index contributed by atoms with van der Waals surface area (Å²) in [7, 11) is 0. The van der Waals surface area contributed by atoms with Crippen LogP contribution in [0.5, 0.6) is 0 Å². The molecular weight excluding hydrogens is 374 g/mol. The van der Waals surface area contributed by atoms with Crippen LogP contribution in [0.3, 0.4) is 0 Å². The van der Waals surface area contributed by atoms with Crippen molar-refractivity contribution in [3.63, 3.8) is 0 Å². The lowest BCUT2D eigenvalue weighted by Crippen LogP contribution is -2.54. The molecule has 0 aliphatic carbocycles. The molecule has 150 valence electrons. The number of pyridine rings is 1. The summed E-state index contributed by atoms with van der Waals surface area (Å²) in [4.78, 5) is 48.4. The molecule has 1 aromatic carbocycles. The molecule has 4 amide bonds. The van der Waals surface area contributed by atoms with Crippen LogP contribution in [0.1, 0.15) is 28.8 Å². The standard InChI is InChI=1S/C20H21N5O4/c26-18(15-8-10-21-11-9-15)22-23-19(27)17-7-6-16-12-24(17)20(28)25(16)29-13-14-4-2-1-3-5-14/h1-5,8-11,16-17H,6-7,12-13H2,(H,22,26)(H,23,27)/t16-,17+/m1/s1. The number of nitrogens with one attached hydrogen (secondary N) is 2. The van der Waals surface area contributed by atoms with Gasteiger partial charge in [-0.05, 0) is 30.5 Å². The topological polar surface area (TPSA) is 104 Å². The van der Waals surface area contributed by atoms with Gasteiger partial charge in [-0.1, -0.05) is 30.3 Å². The van der Waals surface area contributed by atoms with Crippen molar-refractivity contribution < 1.29 is 19.2 Å². The highest BCUT2D eigenvalue weighted by Gasteiger charge is 2.48. The van der Waals surface area contributed by atoms with Gasteiger partial charge in [0.2, 0.25) is 0 Å². The van der Waals surface area contributed by atoms with Gasteiger partial charge in [-0.3, -0.25) is 30.3 Å². The molecule has 0 saturated carbocycles. The Labute approximate surface area is 167 Å². The highest BCUT2D eigenvalue weighted by Crippen LogP contribution is 2.30. The van der Waals surface area contributed by atoms with Gasteiger partial charge < -0.3 is 4.90 Å². The highest BCUT2D eigenvalue weighted by molar-refractivity contribution is 5.96. The van der Waals surface area contributed by atoms with Crippen molar-refractivity contribution in [1.29, 1.82) is 0 Å². The number of hydrogen-bond donors (Lipinski definition) is 2. The molecule has 0 spiro atoms. The molecule has 2 fully saturated rings. The summed E-state index contributed by atoms with van der Waals surface area (Å²) in [6.45, 7) is 0.708. The minimum Gasteiger partial charge on any atom is -0.309 e. The molecule has 9 heteroatoms. The molecule has 2 aliphatic heterocycles. The Morgan fingerprint density at radius 1 is 1.07 bits per heavy atom. The number of benzene rings is 1. The third-order valence-electron chi connectivity index (χ3n) is 5.08. The number of hydroxylamine groups is 2. The predicted octanol–water partition coefficient (Wildman–Crippen LogP) is 1.24. The summed E-state index contributed by atoms with van der Waals surface area (Å²) in [6.07, 6.45) is 4.13. The van der Waals surface area contributed by atoms with Gasteiger partial charge in [0.1, 0.15) is 12.6 Å². The fraction of sp³-hybridized carbons (Fsp3) is 0.300. The molecule has 0 unspecified atom stereocenters. The van der Waals surface area contributed by atoms with E-state index in [1.54, 1.807) is 12.1 Å². The molecule has 2 aromatic rings. The summed E-state index contributed by atoms with van der Waals surface area (Å²) in [5.41, 5.74) is 6.13. The van der Waals surface area contributed by atoms with E-state index < -0.39 is 17.9 Å². The first kappa shape index (κ1) is 18.9. The van der Waals surface area contributed by atoms with E-state index in [1.807, 2.05) is 30.3 Å². The van der Waals surface area contributed by atoms with E-state index in [4.69, 9.17) is 4.84 Å². The van der Waals surface area contributed by atoms with E-state index >= 15 is 0 Å². The number of carbonyl (C=O) groups excluding carboxylic acids is 3. The second-order valence-electron chi connectivity index (χ2n) is 6.95. The third-order valence-corrected chi connectivity index (χ3v) is 5.08. The van der Waals surface area contributed by atoms with E-state index in [0.29, 0.717) is 24.9 Å². The smallest absolute Gasteiger partial charge is 0.309 e. The zero-order valence-electron chi connectivity index (χ0n) is 15.7. The number of carbonyl (C=O) groups is 3. The lowest BCUT2D eigenvalue weighted by atomic mass is 10.0. The SMILES string of the molecule is O=C(NNC(=O)[C@@H]1CC[C@@H]2CN1C(=O)N2OCc1ccccc1)c1ccncc1. The number of nitrogens with zero attached hydrogens (tertiary/aromatic N) is 3. The van der Waals surface area contributed by atoms with Crippen LogP contribution in [-0.4, -0.2) is 51.4 Å². The molecule has 4 rings (SSSR count). The molecule has 2 atom stereocenters. The molecule has 9 nitrogen and oxygen atoms in total. The third kappa shape index (κ3) is 4.04. The zero-order chi connectivity index (χ0) is 20.2. The van der Waals surface area contributed by atoms with Crippen LogP contribution in [-0.2, 0) is 16.2 Å². The second kappa shape index (κ2) is 8.27. The number of piperidine rings is 1. The average molecular weight is 395 g/mol. The van der Waals surface area contributed by atoms with Crippen LogP contribution in [0.4, 0.5) is 4.79 Å². The van der Waals surface area contributed by atoms with Crippen molar-refractivity contribution in [2.45, 2.75) is 31.5 Å². The van der Waals surface area contributed by atoms with Crippen molar-refractivity contribution >= 4 is 17.8 Å². The maximum atomic E-state index is 12.7. The van der Waals surface area contributed by atoms with Crippen molar-refractivity contribution in [2.75, 3.05) is 6.54 Å². The highest BCUT2D eigenvalue weighted by atomic mass is 16.7. The summed E-state index contributed by atoms with van der Waals surface area (Å²) in [5, 5.41) is 1.37. The number of fused-ring (bicyclic) bond motifs is 2. The summed E-state index contributed by atoms with van der Waals surface area (Å²) in [5.74, 6) is -0.876. The van der Waals surface area contributed by atoms with Gasteiger partial charge >= 0.3 is 6.03 Å². The van der Waals surface area contributed by atoms with E-state index in [2.05, 4.69) is 15.8 Å². The van der Waals surface area contributed by atoms with Gasteiger partial charge in [0.15, 0.2) is 0 Å².